The second kappa shape index (κ2) is 3.99. The average molecular weight is 224 g/mol. The summed E-state index contributed by atoms with van der Waals surface area (Å²) in [5.74, 6) is 0. The summed E-state index contributed by atoms with van der Waals surface area (Å²) in [6.07, 6.45) is 1.03. The predicted octanol–water partition coefficient (Wildman–Crippen LogP) is 2.22. The Morgan fingerprint density at radius 1 is 1.00 bits per heavy atom. The summed E-state index contributed by atoms with van der Waals surface area (Å²) in [6, 6.07) is 15.0. The minimum atomic E-state index is -0.0620. The molecule has 2 aromatic carbocycles. The highest BCUT2D eigenvalue weighted by Gasteiger charge is 2.18. The molecule has 2 aromatic rings. The lowest BCUT2D eigenvalue weighted by Crippen LogP contribution is -2.20. The molecule has 0 unspecified atom stereocenters. The first-order valence-corrected chi connectivity index (χ1v) is 5.96. The average Bonchev–Trinajstić information content (AvgIpc) is 2.75. The van der Waals surface area contributed by atoms with Gasteiger partial charge in [-0.25, -0.2) is 0 Å². The quantitative estimate of drug-likeness (QED) is 0.701. The van der Waals surface area contributed by atoms with Crippen molar-refractivity contribution < 1.29 is 0 Å². The van der Waals surface area contributed by atoms with Crippen LogP contribution in [0.2, 0.25) is 0 Å². The fourth-order valence-corrected chi connectivity index (χ4v) is 2.51. The van der Waals surface area contributed by atoms with Gasteiger partial charge in [-0.15, -0.1) is 0 Å². The van der Waals surface area contributed by atoms with E-state index in [-0.39, 0.29) is 6.04 Å². The highest BCUT2D eigenvalue weighted by Crippen LogP contribution is 2.37. The Labute approximate surface area is 101 Å². The molecule has 1 aliphatic rings. The fourth-order valence-electron chi connectivity index (χ4n) is 2.51. The Hall–Kier alpha value is -1.64. The maximum atomic E-state index is 5.98. The minimum absolute atomic E-state index is 0.0620. The second-order valence-electron chi connectivity index (χ2n) is 4.59. The first kappa shape index (κ1) is 10.5. The highest BCUT2D eigenvalue weighted by atomic mass is 14.7. The molecule has 86 valence electrons. The van der Waals surface area contributed by atoms with Gasteiger partial charge in [-0.1, -0.05) is 36.4 Å². The Bertz CT molecular complexity index is 561. The lowest BCUT2D eigenvalue weighted by atomic mass is 9.99. The van der Waals surface area contributed by atoms with E-state index in [0.717, 1.165) is 12.0 Å². The van der Waals surface area contributed by atoms with Crippen LogP contribution in [0.3, 0.4) is 0 Å². The van der Waals surface area contributed by atoms with Gasteiger partial charge in [0.2, 0.25) is 0 Å². The van der Waals surface area contributed by atoms with Crippen molar-refractivity contribution >= 4 is 0 Å². The standard InChI is InChI=1S/C15H16N2/c16-9-15(17)12-6-5-11-7-10-3-1-2-4-13(10)14(11)8-12/h1-6,8,15H,7,9,16-17H2/t15-/m0/s1. The van der Waals surface area contributed by atoms with Crippen LogP contribution in [0.4, 0.5) is 0 Å². The number of benzene rings is 2. The van der Waals surface area contributed by atoms with E-state index in [4.69, 9.17) is 11.5 Å². The van der Waals surface area contributed by atoms with Crippen LogP contribution in [0.25, 0.3) is 11.1 Å². The molecule has 0 spiro atoms. The van der Waals surface area contributed by atoms with Crippen LogP contribution in [0, 0.1) is 0 Å². The molecule has 3 rings (SSSR count). The van der Waals surface area contributed by atoms with Gasteiger partial charge in [0, 0.05) is 12.6 Å². The Kier molecular flexibility index (Phi) is 2.46. The SMILES string of the molecule is NC[C@H](N)c1ccc2c(c1)-c1ccccc1C2. The zero-order valence-electron chi connectivity index (χ0n) is 9.69. The van der Waals surface area contributed by atoms with E-state index >= 15 is 0 Å². The summed E-state index contributed by atoms with van der Waals surface area (Å²) in [6.45, 7) is 0.487. The van der Waals surface area contributed by atoms with E-state index in [1.807, 2.05) is 0 Å². The molecule has 0 aliphatic heterocycles. The van der Waals surface area contributed by atoms with Gasteiger partial charge in [-0.05, 0) is 40.3 Å². The van der Waals surface area contributed by atoms with Gasteiger partial charge in [-0.2, -0.15) is 0 Å². The van der Waals surface area contributed by atoms with Gasteiger partial charge < -0.3 is 11.5 Å². The van der Waals surface area contributed by atoms with Crippen molar-refractivity contribution in [3.8, 4) is 11.1 Å². The molecule has 0 bridgehead atoms. The fraction of sp³-hybridized carbons (Fsp3) is 0.200. The van der Waals surface area contributed by atoms with E-state index in [1.165, 1.54) is 22.3 Å². The predicted molar refractivity (Wildman–Crippen MR) is 70.7 cm³/mol. The molecule has 0 radical (unpaired) electrons. The molecule has 0 amide bonds. The van der Waals surface area contributed by atoms with Crippen LogP contribution in [-0.2, 0) is 6.42 Å². The van der Waals surface area contributed by atoms with E-state index < -0.39 is 0 Å². The molecule has 2 heteroatoms. The summed E-state index contributed by atoms with van der Waals surface area (Å²) in [7, 11) is 0. The maximum absolute atomic E-state index is 5.98. The summed E-state index contributed by atoms with van der Waals surface area (Å²) in [4.78, 5) is 0. The van der Waals surface area contributed by atoms with Crippen molar-refractivity contribution in [3.05, 3.63) is 59.2 Å². The Morgan fingerprint density at radius 2 is 1.76 bits per heavy atom. The summed E-state index contributed by atoms with van der Waals surface area (Å²) < 4.78 is 0. The molecule has 1 atom stereocenters. The van der Waals surface area contributed by atoms with Crippen molar-refractivity contribution in [3.63, 3.8) is 0 Å². The largest absolute Gasteiger partial charge is 0.329 e. The van der Waals surface area contributed by atoms with Crippen LogP contribution in [0.15, 0.2) is 42.5 Å². The van der Waals surface area contributed by atoms with Crippen molar-refractivity contribution in [2.75, 3.05) is 6.54 Å². The van der Waals surface area contributed by atoms with Gasteiger partial charge >= 0.3 is 0 Å². The maximum Gasteiger partial charge on any atom is 0.0419 e. The first-order chi connectivity index (χ1) is 8.29. The molecular formula is C15H16N2. The van der Waals surface area contributed by atoms with Crippen molar-refractivity contribution in [1.29, 1.82) is 0 Å². The van der Waals surface area contributed by atoms with Crippen molar-refractivity contribution in [1.82, 2.24) is 0 Å². The molecular weight excluding hydrogens is 208 g/mol. The second-order valence-corrected chi connectivity index (χ2v) is 4.59. The topological polar surface area (TPSA) is 52.0 Å². The molecule has 17 heavy (non-hydrogen) atoms. The number of hydrogen-bond donors (Lipinski definition) is 2. The Morgan fingerprint density at radius 3 is 2.59 bits per heavy atom. The van der Waals surface area contributed by atoms with E-state index in [2.05, 4.69) is 42.5 Å². The van der Waals surface area contributed by atoms with E-state index in [1.54, 1.807) is 0 Å². The minimum Gasteiger partial charge on any atom is -0.329 e. The van der Waals surface area contributed by atoms with Crippen LogP contribution in [0.5, 0.6) is 0 Å². The van der Waals surface area contributed by atoms with Crippen LogP contribution >= 0.6 is 0 Å². The summed E-state index contributed by atoms with van der Waals surface area (Å²) >= 11 is 0. The lowest BCUT2D eigenvalue weighted by molar-refractivity contribution is 0.737. The number of nitrogens with two attached hydrogens (primary N) is 2. The van der Waals surface area contributed by atoms with Crippen molar-refractivity contribution in [2.45, 2.75) is 12.5 Å². The molecule has 4 N–H and O–H groups in total. The molecule has 2 nitrogen and oxygen atoms in total. The van der Waals surface area contributed by atoms with Gasteiger partial charge in [0.05, 0.1) is 0 Å². The normalized spacial score (nSPS) is 14.2. The van der Waals surface area contributed by atoms with Crippen LogP contribution in [0.1, 0.15) is 22.7 Å². The Balaban J connectivity index is 2.11. The third kappa shape index (κ3) is 1.66. The van der Waals surface area contributed by atoms with Crippen LogP contribution < -0.4 is 11.5 Å². The zero-order chi connectivity index (χ0) is 11.8. The third-order valence-corrected chi connectivity index (χ3v) is 3.50. The molecule has 0 aromatic heterocycles. The molecule has 0 fully saturated rings. The van der Waals surface area contributed by atoms with Gasteiger partial charge in [0.25, 0.3) is 0 Å². The van der Waals surface area contributed by atoms with Gasteiger partial charge in [0.1, 0.15) is 0 Å². The third-order valence-electron chi connectivity index (χ3n) is 3.50. The molecule has 0 saturated carbocycles. The smallest absolute Gasteiger partial charge is 0.0419 e. The molecule has 1 aliphatic carbocycles. The van der Waals surface area contributed by atoms with E-state index in [9.17, 15) is 0 Å². The molecule has 0 heterocycles. The summed E-state index contributed by atoms with van der Waals surface area (Å²) in [5, 5.41) is 0. The lowest BCUT2D eigenvalue weighted by Gasteiger charge is -2.11. The summed E-state index contributed by atoms with van der Waals surface area (Å²) in [5.41, 5.74) is 18.2. The highest BCUT2D eigenvalue weighted by molar-refractivity contribution is 5.77. The first-order valence-electron chi connectivity index (χ1n) is 5.96. The zero-order valence-corrected chi connectivity index (χ0v) is 9.69. The number of rotatable bonds is 2. The van der Waals surface area contributed by atoms with Crippen LogP contribution in [-0.4, -0.2) is 6.54 Å². The number of fused-ring (bicyclic) bond motifs is 3. The van der Waals surface area contributed by atoms with Crippen molar-refractivity contribution in [2.24, 2.45) is 11.5 Å². The van der Waals surface area contributed by atoms with E-state index in [0.29, 0.717) is 6.54 Å². The molecule has 0 saturated heterocycles. The van der Waals surface area contributed by atoms with Gasteiger partial charge in [-0.3, -0.25) is 0 Å². The number of hydrogen-bond acceptors (Lipinski definition) is 2. The monoisotopic (exact) mass is 224 g/mol. The van der Waals surface area contributed by atoms with Gasteiger partial charge in [0.15, 0.2) is 0 Å².